The summed E-state index contributed by atoms with van der Waals surface area (Å²) in [6.07, 6.45) is -4.65. The van der Waals surface area contributed by atoms with Gasteiger partial charge in [0.15, 0.2) is 0 Å². The van der Waals surface area contributed by atoms with E-state index in [4.69, 9.17) is 0 Å². The SMILES string of the molecule is CNc1ccc(C(=O)N(C)CC(=O)Nc2ccccc2C(F)(F)F)cc1[N+](=O)[O-]. The standard InChI is InChI=1S/C18H17F3N4O4/c1-22-14-8-7-11(9-15(14)25(28)29)17(27)24(2)10-16(26)23-13-6-4-3-5-12(13)18(19,20)21/h3-9,22H,10H2,1-2H3,(H,23,26). The predicted octanol–water partition coefficient (Wildman–Crippen LogP) is 3.37. The van der Waals surface area contributed by atoms with Crippen LogP contribution >= 0.6 is 0 Å². The molecule has 2 aromatic rings. The maximum atomic E-state index is 13.0. The lowest BCUT2D eigenvalue weighted by molar-refractivity contribution is -0.384. The Kier molecular flexibility index (Phi) is 6.42. The lowest BCUT2D eigenvalue weighted by Crippen LogP contribution is -2.35. The Balaban J connectivity index is 2.14. The fourth-order valence-corrected chi connectivity index (χ4v) is 2.56. The average Bonchev–Trinajstić information content (AvgIpc) is 2.66. The van der Waals surface area contributed by atoms with E-state index in [2.05, 4.69) is 10.6 Å². The van der Waals surface area contributed by atoms with E-state index in [0.29, 0.717) is 0 Å². The maximum absolute atomic E-state index is 13.0. The van der Waals surface area contributed by atoms with Gasteiger partial charge in [0.25, 0.3) is 11.6 Å². The molecule has 0 spiro atoms. The molecule has 0 radical (unpaired) electrons. The molecule has 2 rings (SSSR count). The number of nitrogens with zero attached hydrogens (tertiary/aromatic N) is 2. The monoisotopic (exact) mass is 410 g/mol. The topological polar surface area (TPSA) is 105 Å². The Morgan fingerprint density at radius 1 is 1.14 bits per heavy atom. The highest BCUT2D eigenvalue weighted by Crippen LogP contribution is 2.34. The summed E-state index contributed by atoms with van der Waals surface area (Å²) in [4.78, 5) is 36.0. The van der Waals surface area contributed by atoms with Crippen LogP contribution in [0.5, 0.6) is 0 Å². The molecule has 0 aliphatic carbocycles. The Hall–Kier alpha value is -3.63. The third kappa shape index (κ3) is 5.21. The number of benzene rings is 2. The molecule has 154 valence electrons. The molecule has 0 bridgehead atoms. The van der Waals surface area contributed by atoms with Crippen molar-refractivity contribution in [1.82, 2.24) is 4.90 Å². The zero-order valence-electron chi connectivity index (χ0n) is 15.4. The highest BCUT2D eigenvalue weighted by molar-refractivity contribution is 6.00. The number of likely N-dealkylation sites (N-methyl/N-ethyl adjacent to an activating group) is 1. The van der Waals surface area contributed by atoms with Crippen molar-refractivity contribution in [2.24, 2.45) is 0 Å². The lowest BCUT2D eigenvalue weighted by Gasteiger charge is -2.18. The number of amides is 2. The average molecular weight is 410 g/mol. The Morgan fingerprint density at radius 2 is 1.79 bits per heavy atom. The number of nitro groups is 1. The predicted molar refractivity (Wildman–Crippen MR) is 99.7 cm³/mol. The number of anilines is 2. The molecule has 0 saturated carbocycles. The van der Waals surface area contributed by atoms with Gasteiger partial charge < -0.3 is 15.5 Å². The highest BCUT2D eigenvalue weighted by atomic mass is 19.4. The van der Waals surface area contributed by atoms with Gasteiger partial charge in [-0.05, 0) is 24.3 Å². The van der Waals surface area contributed by atoms with E-state index in [9.17, 15) is 32.9 Å². The van der Waals surface area contributed by atoms with Crippen LogP contribution in [0.1, 0.15) is 15.9 Å². The molecule has 2 aromatic carbocycles. The number of para-hydroxylation sites is 1. The smallest absolute Gasteiger partial charge is 0.383 e. The third-order valence-electron chi connectivity index (χ3n) is 3.94. The molecule has 0 aromatic heterocycles. The molecular weight excluding hydrogens is 393 g/mol. The van der Waals surface area contributed by atoms with Gasteiger partial charge in [-0.3, -0.25) is 19.7 Å². The molecular formula is C18H17F3N4O4. The van der Waals surface area contributed by atoms with E-state index in [1.54, 1.807) is 0 Å². The van der Waals surface area contributed by atoms with Crippen molar-refractivity contribution in [1.29, 1.82) is 0 Å². The molecule has 2 amide bonds. The number of carbonyl (C=O) groups excluding carboxylic acids is 2. The normalized spacial score (nSPS) is 10.9. The van der Waals surface area contributed by atoms with Crippen molar-refractivity contribution in [2.45, 2.75) is 6.18 Å². The molecule has 0 aliphatic rings. The number of nitrogens with one attached hydrogen (secondary N) is 2. The molecule has 0 fully saturated rings. The summed E-state index contributed by atoms with van der Waals surface area (Å²) in [5.74, 6) is -1.55. The van der Waals surface area contributed by atoms with Gasteiger partial charge in [-0.2, -0.15) is 13.2 Å². The first-order valence-electron chi connectivity index (χ1n) is 8.22. The molecule has 29 heavy (non-hydrogen) atoms. The van der Waals surface area contributed by atoms with Crippen LogP contribution in [0.3, 0.4) is 0 Å². The van der Waals surface area contributed by atoms with Crippen molar-refractivity contribution < 1.29 is 27.7 Å². The minimum atomic E-state index is -4.65. The minimum absolute atomic E-state index is 0.0401. The number of rotatable bonds is 6. The molecule has 0 heterocycles. The number of nitro benzene ring substituents is 1. The van der Waals surface area contributed by atoms with Crippen molar-refractivity contribution in [2.75, 3.05) is 31.3 Å². The zero-order chi connectivity index (χ0) is 21.8. The van der Waals surface area contributed by atoms with E-state index in [1.165, 1.54) is 38.4 Å². The zero-order valence-corrected chi connectivity index (χ0v) is 15.4. The first kappa shape index (κ1) is 21.7. The summed E-state index contributed by atoms with van der Waals surface area (Å²) in [5.41, 5.74) is -1.60. The van der Waals surface area contributed by atoms with Gasteiger partial charge >= 0.3 is 6.18 Å². The van der Waals surface area contributed by atoms with E-state index in [-0.39, 0.29) is 16.9 Å². The quantitative estimate of drug-likeness (QED) is 0.561. The summed E-state index contributed by atoms with van der Waals surface area (Å²) in [7, 11) is 2.74. The number of hydrogen-bond donors (Lipinski definition) is 2. The van der Waals surface area contributed by atoms with Gasteiger partial charge in [-0.1, -0.05) is 12.1 Å². The second-order valence-corrected chi connectivity index (χ2v) is 5.99. The van der Waals surface area contributed by atoms with Crippen molar-refractivity contribution in [3.05, 3.63) is 63.7 Å². The molecule has 0 atom stereocenters. The summed E-state index contributed by atoms with van der Waals surface area (Å²) in [5, 5.41) is 15.9. The molecule has 0 saturated heterocycles. The second-order valence-electron chi connectivity index (χ2n) is 5.99. The first-order chi connectivity index (χ1) is 13.5. The minimum Gasteiger partial charge on any atom is -0.383 e. The Bertz CT molecular complexity index is 947. The summed E-state index contributed by atoms with van der Waals surface area (Å²) in [6.45, 7) is -0.549. The van der Waals surface area contributed by atoms with Crippen LogP contribution in [0.2, 0.25) is 0 Å². The first-order valence-corrected chi connectivity index (χ1v) is 8.22. The van der Waals surface area contributed by atoms with Crippen LogP contribution in [0.4, 0.5) is 30.2 Å². The van der Waals surface area contributed by atoms with Crippen LogP contribution in [0.15, 0.2) is 42.5 Å². The van der Waals surface area contributed by atoms with Crippen LogP contribution < -0.4 is 10.6 Å². The Morgan fingerprint density at radius 3 is 2.38 bits per heavy atom. The van der Waals surface area contributed by atoms with Gasteiger partial charge in [0, 0.05) is 25.7 Å². The number of hydrogen-bond acceptors (Lipinski definition) is 5. The van der Waals surface area contributed by atoms with Gasteiger partial charge in [0.05, 0.1) is 22.7 Å². The van der Waals surface area contributed by atoms with Gasteiger partial charge in [0.1, 0.15) is 5.69 Å². The van der Waals surface area contributed by atoms with Crippen LogP contribution in [-0.2, 0) is 11.0 Å². The molecule has 0 aliphatic heterocycles. The summed E-state index contributed by atoms with van der Waals surface area (Å²) >= 11 is 0. The number of halogens is 3. The summed E-state index contributed by atoms with van der Waals surface area (Å²) < 4.78 is 39.0. The summed E-state index contributed by atoms with van der Waals surface area (Å²) in [6, 6.07) is 8.20. The highest BCUT2D eigenvalue weighted by Gasteiger charge is 2.33. The van der Waals surface area contributed by atoms with Gasteiger partial charge in [-0.25, -0.2) is 0 Å². The van der Waals surface area contributed by atoms with Crippen LogP contribution in [0.25, 0.3) is 0 Å². The third-order valence-corrected chi connectivity index (χ3v) is 3.94. The van der Waals surface area contributed by atoms with E-state index >= 15 is 0 Å². The molecule has 2 N–H and O–H groups in total. The fourth-order valence-electron chi connectivity index (χ4n) is 2.56. The largest absolute Gasteiger partial charge is 0.418 e. The van der Waals surface area contributed by atoms with Crippen LogP contribution in [-0.4, -0.2) is 42.3 Å². The Labute approximate surface area is 163 Å². The lowest BCUT2D eigenvalue weighted by atomic mass is 10.1. The van der Waals surface area contributed by atoms with E-state index in [0.717, 1.165) is 23.1 Å². The number of carbonyl (C=O) groups is 2. The van der Waals surface area contributed by atoms with Gasteiger partial charge in [-0.15, -0.1) is 0 Å². The molecule has 0 unspecified atom stereocenters. The van der Waals surface area contributed by atoms with E-state index in [1.807, 2.05) is 0 Å². The maximum Gasteiger partial charge on any atom is 0.418 e. The van der Waals surface area contributed by atoms with Crippen molar-refractivity contribution in [3.8, 4) is 0 Å². The number of alkyl halides is 3. The van der Waals surface area contributed by atoms with Gasteiger partial charge in [0.2, 0.25) is 5.91 Å². The molecule has 11 heteroatoms. The van der Waals surface area contributed by atoms with Crippen molar-refractivity contribution in [3.63, 3.8) is 0 Å². The van der Waals surface area contributed by atoms with Crippen molar-refractivity contribution >= 4 is 28.9 Å². The molecule has 8 nitrogen and oxygen atoms in total. The second kappa shape index (κ2) is 8.59. The van der Waals surface area contributed by atoms with Crippen LogP contribution in [0, 0.1) is 10.1 Å². The fraction of sp³-hybridized carbons (Fsp3) is 0.222. The van der Waals surface area contributed by atoms with E-state index < -0.39 is 40.7 Å².